The Morgan fingerprint density at radius 2 is 1.47 bits per heavy atom. The summed E-state index contributed by atoms with van der Waals surface area (Å²) in [7, 11) is 0. The SMILES string of the molecule is CC(=O)/C=C\C=C\C(OC(C)=O)=C(C)C. The van der Waals surface area contributed by atoms with Gasteiger partial charge >= 0.3 is 5.97 Å². The van der Waals surface area contributed by atoms with Crippen LogP contribution >= 0.6 is 0 Å². The zero-order chi connectivity index (χ0) is 11.8. The first-order valence-corrected chi connectivity index (χ1v) is 4.64. The summed E-state index contributed by atoms with van der Waals surface area (Å²) < 4.78 is 4.95. The topological polar surface area (TPSA) is 43.4 Å². The second-order valence-corrected chi connectivity index (χ2v) is 3.29. The highest BCUT2D eigenvalue weighted by molar-refractivity contribution is 5.87. The molecular formula is C12H16O3. The van der Waals surface area contributed by atoms with Crippen LogP contribution in [-0.4, -0.2) is 11.8 Å². The molecule has 0 aliphatic rings. The third-order valence-electron chi connectivity index (χ3n) is 1.44. The monoisotopic (exact) mass is 208 g/mol. The summed E-state index contributed by atoms with van der Waals surface area (Å²) in [6, 6.07) is 0. The second kappa shape index (κ2) is 6.76. The highest BCUT2D eigenvalue weighted by atomic mass is 16.5. The molecule has 0 aromatic heterocycles. The lowest BCUT2D eigenvalue weighted by molar-refractivity contribution is -0.136. The van der Waals surface area contributed by atoms with Crippen LogP contribution in [0.2, 0.25) is 0 Å². The van der Waals surface area contributed by atoms with Crippen LogP contribution in [0.25, 0.3) is 0 Å². The van der Waals surface area contributed by atoms with Crippen LogP contribution in [0.5, 0.6) is 0 Å². The molecule has 0 bridgehead atoms. The Bertz CT molecular complexity index is 329. The van der Waals surface area contributed by atoms with E-state index in [0.29, 0.717) is 5.76 Å². The molecule has 82 valence electrons. The fourth-order valence-corrected chi connectivity index (χ4v) is 0.792. The average molecular weight is 208 g/mol. The molecule has 0 aromatic rings. The van der Waals surface area contributed by atoms with Crippen LogP contribution in [0.15, 0.2) is 35.6 Å². The molecule has 0 atom stereocenters. The molecule has 0 radical (unpaired) electrons. The second-order valence-electron chi connectivity index (χ2n) is 3.29. The van der Waals surface area contributed by atoms with E-state index in [9.17, 15) is 9.59 Å². The number of esters is 1. The first-order chi connectivity index (χ1) is 6.93. The summed E-state index contributed by atoms with van der Waals surface area (Å²) in [6.07, 6.45) is 6.35. The molecule has 0 aliphatic heterocycles. The Labute approximate surface area is 90.1 Å². The van der Waals surface area contributed by atoms with Gasteiger partial charge in [-0.15, -0.1) is 0 Å². The van der Waals surface area contributed by atoms with E-state index in [-0.39, 0.29) is 11.8 Å². The fraction of sp³-hybridized carbons (Fsp3) is 0.333. The Morgan fingerprint density at radius 1 is 0.933 bits per heavy atom. The number of ketones is 1. The minimum Gasteiger partial charge on any atom is -0.427 e. The summed E-state index contributed by atoms with van der Waals surface area (Å²) in [6.45, 7) is 6.51. The van der Waals surface area contributed by atoms with E-state index >= 15 is 0 Å². The normalized spacial score (nSPS) is 10.7. The van der Waals surface area contributed by atoms with E-state index < -0.39 is 0 Å². The fourth-order valence-electron chi connectivity index (χ4n) is 0.792. The minimum absolute atomic E-state index is 0.0223. The summed E-state index contributed by atoms with van der Waals surface area (Å²) in [5.74, 6) is 0.132. The van der Waals surface area contributed by atoms with Crippen molar-refractivity contribution < 1.29 is 14.3 Å². The average Bonchev–Trinajstić information content (AvgIpc) is 2.08. The van der Waals surface area contributed by atoms with Gasteiger partial charge in [-0.2, -0.15) is 0 Å². The van der Waals surface area contributed by atoms with E-state index in [2.05, 4.69) is 0 Å². The lowest BCUT2D eigenvalue weighted by Gasteiger charge is -2.03. The smallest absolute Gasteiger partial charge is 0.308 e. The van der Waals surface area contributed by atoms with Gasteiger partial charge in [0.05, 0.1) is 0 Å². The molecule has 0 amide bonds. The number of allylic oxidation sites excluding steroid dienone is 5. The zero-order valence-corrected chi connectivity index (χ0v) is 9.53. The standard InChI is InChI=1S/C12H16O3/c1-9(2)12(15-11(4)14)8-6-5-7-10(3)13/h5-8H,1-4H3/b7-5-,8-6+. The van der Waals surface area contributed by atoms with Crippen molar-refractivity contribution in [3.05, 3.63) is 35.6 Å². The Hall–Kier alpha value is -1.64. The van der Waals surface area contributed by atoms with Gasteiger partial charge in [0, 0.05) is 6.92 Å². The number of rotatable bonds is 4. The molecule has 0 N–H and O–H groups in total. The third-order valence-corrected chi connectivity index (χ3v) is 1.44. The van der Waals surface area contributed by atoms with Crippen molar-refractivity contribution in [1.82, 2.24) is 0 Å². The molecule has 0 aliphatic carbocycles. The lowest BCUT2D eigenvalue weighted by atomic mass is 10.2. The molecule has 0 heterocycles. The van der Waals surface area contributed by atoms with Gasteiger partial charge in [-0.3, -0.25) is 9.59 Å². The molecule has 3 nitrogen and oxygen atoms in total. The highest BCUT2D eigenvalue weighted by Gasteiger charge is 1.99. The molecule has 0 aromatic carbocycles. The van der Waals surface area contributed by atoms with Gasteiger partial charge in [-0.1, -0.05) is 12.2 Å². The minimum atomic E-state index is -0.355. The predicted octanol–water partition coefficient (Wildman–Crippen LogP) is 2.54. The molecule has 0 spiro atoms. The van der Waals surface area contributed by atoms with Gasteiger partial charge in [0.25, 0.3) is 0 Å². The first kappa shape index (κ1) is 13.4. The number of hydrogen-bond donors (Lipinski definition) is 0. The van der Waals surface area contributed by atoms with Gasteiger partial charge in [0.1, 0.15) is 5.76 Å². The van der Waals surface area contributed by atoms with E-state index in [1.165, 1.54) is 19.9 Å². The number of carbonyl (C=O) groups is 2. The van der Waals surface area contributed by atoms with Crippen LogP contribution in [0, 0.1) is 0 Å². The maximum Gasteiger partial charge on any atom is 0.308 e. The molecule has 15 heavy (non-hydrogen) atoms. The molecular weight excluding hydrogens is 192 g/mol. The van der Waals surface area contributed by atoms with Crippen molar-refractivity contribution in [3.63, 3.8) is 0 Å². The summed E-state index contributed by atoms with van der Waals surface area (Å²) in [5.41, 5.74) is 0.901. The van der Waals surface area contributed by atoms with Gasteiger partial charge < -0.3 is 4.74 Å². The number of carbonyl (C=O) groups excluding carboxylic acids is 2. The van der Waals surface area contributed by atoms with Crippen molar-refractivity contribution in [2.75, 3.05) is 0 Å². The maximum absolute atomic E-state index is 10.7. The van der Waals surface area contributed by atoms with E-state index in [4.69, 9.17) is 4.74 Å². The van der Waals surface area contributed by atoms with Crippen molar-refractivity contribution >= 4 is 11.8 Å². The maximum atomic E-state index is 10.7. The van der Waals surface area contributed by atoms with Crippen molar-refractivity contribution in [2.24, 2.45) is 0 Å². The third kappa shape index (κ3) is 7.43. The predicted molar refractivity (Wildman–Crippen MR) is 59.1 cm³/mol. The van der Waals surface area contributed by atoms with E-state index in [1.54, 1.807) is 18.2 Å². The zero-order valence-electron chi connectivity index (χ0n) is 9.53. The largest absolute Gasteiger partial charge is 0.427 e. The van der Waals surface area contributed by atoms with Gasteiger partial charge in [0.15, 0.2) is 5.78 Å². The van der Waals surface area contributed by atoms with Crippen LogP contribution in [0.1, 0.15) is 27.7 Å². The van der Waals surface area contributed by atoms with Gasteiger partial charge in [-0.25, -0.2) is 0 Å². The van der Waals surface area contributed by atoms with E-state index in [1.807, 2.05) is 13.8 Å². The Kier molecular flexibility index (Phi) is 6.02. The molecule has 0 unspecified atom stereocenters. The Balaban J connectivity index is 4.51. The van der Waals surface area contributed by atoms with Crippen LogP contribution < -0.4 is 0 Å². The van der Waals surface area contributed by atoms with Crippen LogP contribution in [-0.2, 0) is 14.3 Å². The highest BCUT2D eigenvalue weighted by Crippen LogP contribution is 2.07. The lowest BCUT2D eigenvalue weighted by Crippen LogP contribution is -1.98. The van der Waals surface area contributed by atoms with Crippen LogP contribution in [0.4, 0.5) is 0 Å². The van der Waals surface area contributed by atoms with Gasteiger partial charge in [-0.05, 0) is 38.5 Å². The summed E-state index contributed by atoms with van der Waals surface area (Å²) >= 11 is 0. The summed E-state index contributed by atoms with van der Waals surface area (Å²) in [4.78, 5) is 21.3. The molecule has 3 heteroatoms. The van der Waals surface area contributed by atoms with Crippen molar-refractivity contribution in [3.8, 4) is 0 Å². The Morgan fingerprint density at radius 3 is 1.87 bits per heavy atom. The molecule has 0 fully saturated rings. The van der Waals surface area contributed by atoms with Crippen molar-refractivity contribution in [2.45, 2.75) is 27.7 Å². The van der Waals surface area contributed by atoms with E-state index in [0.717, 1.165) is 5.57 Å². The van der Waals surface area contributed by atoms with Gasteiger partial charge in [0.2, 0.25) is 0 Å². The number of ether oxygens (including phenoxy) is 1. The summed E-state index contributed by atoms with van der Waals surface area (Å²) in [5, 5.41) is 0. The molecule has 0 saturated heterocycles. The molecule has 0 rings (SSSR count). The number of hydrogen-bond acceptors (Lipinski definition) is 3. The first-order valence-electron chi connectivity index (χ1n) is 4.64. The van der Waals surface area contributed by atoms with Crippen molar-refractivity contribution in [1.29, 1.82) is 0 Å². The quantitative estimate of drug-likeness (QED) is 0.308. The molecule has 0 saturated carbocycles. The van der Waals surface area contributed by atoms with Crippen LogP contribution in [0.3, 0.4) is 0 Å².